The highest BCUT2D eigenvalue weighted by Crippen LogP contribution is 2.13. The number of benzene rings is 2. The summed E-state index contributed by atoms with van der Waals surface area (Å²) >= 11 is 0. The van der Waals surface area contributed by atoms with Gasteiger partial charge in [0.15, 0.2) is 0 Å². The van der Waals surface area contributed by atoms with Gasteiger partial charge in [-0.15, -0.1) is 0 Å². The van der Waals surface area contributed by atoms with Crippen LogP contribution in [-0.2, 0) is 4.79 Å². The van der Waals surface area contributed by atoms with Crippen LogP contribution in [0.3, 0.4) is 0 Å². The quantitative estimate of drug-likeness (QED) is 0.351. The molecule has 0 aliphatic carbocycles. The highest BCUT2D eigenvalue weighted by molar-refractivity contribution is 5.93. The fraction of sp³-hybridized carbons (Fsp3) is 0.238. The fourth-order valence-corrected chi connectivity index (χ4v) is 2.36. The largest absolute Gasteiger partial charge is 0.497 e. The van der Waals surface area contributed by atoms with E-state index in [2.05, 4.69) is 5.32 Å². The third-order valence-corrected chi connectivity index (χ3v) is 4.05. The lowest BCUT2D eigenvalue weighted by Crippen LogP contribution is -2.37. The molecule has 0 fully saturated rings. The van der Waals surface area contributed by atoms with Crippen molar-refractivity contribution < 1.29 is 24.3 Å². The van der Waals surface area contributed by atoms with Gasteiger partial charge in [-0.05, 0) is 54.5 Å². The third kappa shape index (κ3) is 6.44. The average molecular weight is 384 g/mol. The van der Waals surface area contributed by atoms with Crippen molar-refractivity contribution in [3.05, 3.63) is 65.7 Å². The molecule has 1 atom stereocenters. The smallest absolute Gasteiger partial charge is 0.274 e. The van der Waals surface area contributed by atoms with Gasteiger partial charge in [0.25, 0.3) is 5.91 Å². The molecule has 7 heteroatoms. The lowest BCUT2D eigenvalue weighted by molar-refractivity contribution is -0.117. The zero-order chi connectivity index (χ0) is 20.4. The molecule has 0 unspecified atom stereocenters. The highest BCUT2D eigenvalue weighted by atomic mass is 16.5. The molecule has 0 aliphatic rings. The summed E-state index contributed by atoms with van der Waals surface area (Å²) in [4.78, 5) is 23.4. The molecule has 0 aliphatic heterocycles. The first-order valence-electron chi connectivity index (χ1n) is 8.85. The van der Waals surface area contributed by atoms with Crippen LogP contribution < -0.4 is 20.3 Å². The predicted octanol–water partition coefficient (Wildman–Crippen LogP) is 2.80. The molecular formula is C21H24N2O5. The van der Waals surface area contributed by atoms with Gasteiger partial charge < -0.3 is 14.8 Å². The maximum atomic E-state index is 12.1. The van der Waals surface area contributed by atoms with Gasteiger partial charge in [-0.2, -0.15) is 0 Å². The van der Waals surface area contributed by atoms with Crippen molar-refractivity contribution in [2.45, 2.75) is 19.4 Å². The maximum Gasteiger partial charge on any atom is 0.274 e. The summed E-state index contributed by atoms with van der Waals surface area (Å²) in [7, 11) is 1.60. The van der Waals surface area contributed by atoms with E-state index in [1.54, 1.807) is 30.8 Å². The van der Waals surface area contributed by atoms with E-state index >= 15 is 0 Å². The minimum Gasteiger partial charge on any atom is -0.497 e. The summed E-state index contributed by atoms with van der Waals surface area (Å²) in [5.74, 6) is 0.529. The maximum absolute atomic E-state index is 12.1. The summed E-state index contributed by atoms with van der Waals surface area (Å²) in [6, 6.07) is 13.6. The van der Waals surface area contributed by atoms with Gasteiger partial charge in [-0.3, -0.25) is 14.8 Å². The number of hydrogen-bond acceptors (Lipinski definition) is 5. The zero-order valence-corrected chi connectivity index (χ0v) is 15.8. The second-order valence-corrected chi connectivity index (χ2v) is 6.00. The van der Waals surface area contributed by atoms with Crippen LogP contribution in [-0.4, -0.2) is 36.8 Å². The van der Waals surface area contributed by atoms with E-state index < -0.39 is 5.91 Å². The van der Waals surface area contributed by atoms with Crippen LogP contribution in [0.5, 0.6) is 11.5 Å². The molecule has 0 aromatic heterocycles. The average Bonchev–Trinajstić information content (AvgIpc) is 2.75. The van der Waals surface area contributed by atoms with Crippen molar-refractivity contribution >= 4 is 17.9 Å². The van der Waals surface area contributed by atoms with Crippen LogP contribution in [0.25, 0.3) is 6.08 Å². The summed E-state index contributed by atoms with van der Waals surface area (Å²) < 4.78 is 10.8. The van der Waals surface area contributed by atoms with Gasteiger partial charge in [-0.1, -0.05) is 19.1 Å². The van der Waals surface area contributed by atoms with E-state index in [4.69, 9.17) is 14.7 Å². The van der Waals surface area contributed by atoms with Crippen LogP contribution in [0.15, 0.2) is 54.6 Å². The van der Waals surface area contributed by atoms with Crippen LogP contribution >= 0.6 is 0 Å². The van der Waals surface area contributed by atoms with Crippen molar-refractivity contribution in [2.24, 2.45) is 0 Å². The van der Waals surface area contributed by atoms with E-state index in [9.17, 15) is 9.59 Å². The Morgan fingerprint density at radius 1 is 1.07 bits per heavy atom. The lowest BCUT2D eigenvalue weighted by Gasteiger charge is -2.17. The molecule has 0 heterocycles. The standard InChI is InChI=1S/C21H24N2O5/c1-3-17(14-28-19-11-7-16(8-12-19)21(25)23-26)22-20(24)13-6-15-4-9-18(27-2)10-5-15/h4-13,17,26H,3,14H2,1-2H3,(H,22,24)(H,23,25)/b13-6+/t17-/m0/s1. The van der Waals surface area contributed by atoms with Crippen LogP contribution in [0.1, 0.15) is 29.3 Å². The van der Waals surface area contributed by atoms with E-state index in [1.165, 1.54) is 18.2 Å². The molecule has 0 saturated heterocycles. The number of nitrogens with one attached hydrogen (secondary N) is 2. The van der Waals surface area contributed by atoms with Gasteiger partial charge in [-0.25, -0.2) is 5.48 Å². The van der Waals surface area contributed by atoms with Crippen LogP contribution in [0.4, 0.5) is 0 Å². The summed E-state index contributed by atoms with van der Waals surface area (Å²) in [5, 5.41) is 11.5. The molecule has 148 valence electrons. The Kier molecular flexibility index (Phi) is 8.05. The third-order valence-electron chi connectivity index (χ3n) is 4.05. The monoisotopic (exact) mass is 384 g/mol. The molecule has 3 N–H and O–H groups in total. The van der Waals surface area contributed by atoms with Crippen molar-refractivity contribution in [1.82, 2.24) is 10.8 Å². The first-order chi connectivity index (χ1) is 13.5. The topological polar surface area (TPSA) is 96.9 Å². The first-order valence-corrected chi connectivity index (χ1v) is 8.85. The lowest BCUT2D eigenvalue weighted by atomic mass is 10.2. The summed E-state index contributed by atoms with van der Waals surface area (Å²) in [6.07, 6.45) is 3.91. The molecule has 2 rings (SSSR count). The number of methoxy groups -OCH3 is 1. The number of ether oxygens (including phenoxy) is 2. The molecule has 2 aromatic rings. The molecule has 0 radical (unpaired) electrons. The van der Waals surface area contributed by atoms with E-state index in [0.29, 0.717) is 24.3 Å². The van der Waals surface area contributed by atoms with Crippen LogP contribution in [0, 0.1) is 0 Å². The number of carbonyl (C=O) groups excluding carboxylic acids is 2. The Morgan fingerprint density at radius 2 is 1.71 bits per heavy atom. The van der Waals surface area contributed by atoms with Crippen molar-refractivity contribution in [1.29, 1.82) is 0 Å². The second-order valence-electron chi connectivity index (χ2n) is 6.00. The van der Waals surface area contributed by atoms with Crippen molar-refractivity contribution in [3.8, 4) is 11.5 Å². The predicted molar refractivity (Wildman–Crippen MR) is 105 cm³/mol. The molecular weight excluding hydrogens is 360 g/mol. The second kappa shape index (κ2) is 10.7. The van der Waals surface area contributed by atoms with Gasteiger partial charge in [0, 0.05) is 11.6 Å². The van der Waals surface area contributed by atoms with E-state index in [1.807, 2.05) is 31.2 Å². The molecule has 2 aromatic carbocycles. The van der Waals surface area contributed by atoms with Crippen molar-refractivity contribution in [3.63, 3.8) is 0 Å². The highest BCUT2D eigenvalue weighted by Gasteiger charge is 2.10. The molecule has 2 amide bonds. The molecule has 0 bridgehead atoms. The van der Waals surface area contributed by atoms with E-state index in [0.717, 1.165) is 11.3 Å². The Balaban J connectivity index is 1.84. The summed E-state index contributed by atoms with van der Waals surface area (Å²) in [5.41, 5.74) is 2.79. The Labute approximate surface area is 163 Å². The molecule has 7 nitrogen and oxygen atoms in total. The number of carbonyl (C=O) groups is 2. The minimum absolute atomic E-state index is 0.159. The Bertz CT molecular complexity index is 801. The number of amides is 2. The molecule has 0 spiro atoms. The van der Waals surface area contributed by atoms with Gasteiger partial charge in [0.1, 0.15) is 18.1 Å². The first kappa shape index (κ1) is 21.0. The summed E-state index contributed by atoms with van der Waals surface area (Å²) in [6.45, 7) is 2.25. The minimum atomic E-state index is -0.589. The number of hydroxylamine groups is 1. The Morgan fingerprint density at radius 3 is 2.29 bits per heavy atom. The SMILES string of the molecule is CC[C@@H](COc1ccc(C(=O)NO)cc1)NC(=O)/C=C/c1ccc(OC)cc1. The molecule has 0 saturated carbocycles. The fourth-order valence-electron chi connectivity index (χ4n) is 2.36. The van der Waals surface area contributed by atoms with Crippen molar-refractivity contribution in [2.75, 3.05) is 13.7 Å². The molecule has 28 heavy (non-hydrogen) atoms. The van der Waals surface area contributed by atoms with Gasteiger partial charge in [0.05, 0.1) is 13.2 Å². The van der Waals surface area contributed by atoms with Gasteiger partial charge >= 0.3 is 0 Å². The Hall–Kier alpha value is -3.32. The normalized spacial score (nSPS) is 11.7. The van der Waals surface area contributed by atoms with E-state index in [-0.39, 0.29) is 11.9 Å². The van der Waals surface area contributed by atoms with Gasteiger partial charge in [0.2, 0.25) is 5.91 Å². The van der Waals surface area contributed by atoms with Crippen LogP contribution in [0.2, 0.25) is 0 Å². The number of hydrogen-bond donors (Lipinski definition) is 3. The number of rotatable bonds is 9. The zero-order valence-electron chi connectivity index (χ0n) is 15.8.